The first kappa shape index (κ1) is 20.1. The molecule has 0 aliphatic carbocycles. The minimum Gasteiger partial charge on any atom is -0.338 e. The number of hydrogen-bond donors (Lipinski definition) is 0. The molecule has 5 rings (SSSR count). The van der Waals surface area contributed by atoms with Gasteiger partial charge in [0.05, 0.1) is 16.6 Å². The van der Waals surface area contributed by atoms with Crippen molar-refractivity contribution >= 4 is 16.8 Å². The van der Waals surface area contributed by atoms with E-state index in [-0.39, 0.29) is 5.91 Å². The first-order valence-electron chi connectivity index (χ1n) is 10.4. The summed E-state index contributed by atoms with van der Waals surface area (Å²) < 4.78 is 41.8. The molecule has 0 atom stereocenters. The number of rotatable bonds is 1. The summed E-state index contributed by atoms with van der Waals surface area (Å²) in [7, 11) is 1.97. The van der Waals surface area contributed by atoms with E-state index < -0.39 is 17.4 Å². The lowest BCUT2D eigenvalue weighted by Gasteiger charge is -2.50. The summed E-state index contributed by atoms with van der Waals surface area (Å²) in [6.07, 6.45) is -1.53. The Morgan fingerprint density at radius 2 is 1.74 bits per heavy atom. The van der Waals surface area contributed by atoms with Gasteiger partial charge in [0.2, 0.25) is 0 Å². The lowest BCUT2D eigenvalue weighted by molar-refractivity contribution is -0.144. The molecule has 1 spiro atoms. The van der Waals surface area contributed by atoms with E-state index in [9.17, 15) is 18.0 Å². The number of halogens is 3. The maximum Gasteiger partial charge on any atom is 0.431 e. The second-order valence-electron chi connectivity index (χ2n) is 8.37. The highest BCUT2D eigenvalue weighted by molar-refractivity contribution is 6.06. The molecule has 162 valence electrons. The quantitative estimate of drug-likeness (QED) is 0.585. The number of likely N-dealkylation sites (N-methyl/N-ethyl adjacent to an activating group) is 1. The second kappa shape index (κ2) is 7.09. The van der Waals surface area contributed by atoms with E-state index in [4.69, 9.17) is 0 Å². The van der Waals surface area contributed by atoms with Gasteiger partial charge in [0.25, 0.3) is 5.91 Å². The maximum atomic E-state index is 13.5. The van der Waals surface area contributed by atoms with E-state index in [1.54, 1.807) is 18.3 Å². The molecule has 2 aliphatic heterocycles. The molecule has 1 amide bonds. The predicted molar refractivity (Wildman–Crippen MR) is 111 cm³/mol. The number of aromatic nitrogens is 2. The Morgan fingerprint density at radius 1 is 1.00 bits per heavy atom. The SMILES string of the molecule is CN1CCn2c(C(F)(F)F)ccc2C12CCN(C(=O)c1ccnc3ccccc13)CC2. The zero-order chi connectivity index (χ0) is 21.8. The number of carbonyl (C=O) groups is 1. The highest BCUT2D eigenvalue weighted by atomic mass is 19.4. The van der Waals surface area contributed by atoms with Crippen LogP contribution in [0.15, 0.2) is 48.7 Å². The zero-order valence-corrected chi connectivity index (χ0v) is 17.2. The average Bonchev–Trinajstić information content (AvgIpc) is 3.22. The summed E-state index contributed by atoms with van der Waals surface area (Å²) in [6.45, 7) is 1.85. The zero-order valence-electron chi connectivity index (χ0n) is 17.2. The van der Waals surface area contributed by atoms with Gasteiger partial charge in [0.15, 0.2) is 0 Å². The minimum absolute atomic E-state index is 0.0572. The monoisotopic (exact) mass is 428 g/mol. The van der Waals surface area contributed by atoms with Gasteiger partial charge in [0.1, 0.15) is 5.69 Å². The molecule has 0 bridgehead atoms. The Kier molecular flexibility index (Phi) is 4.58. The number of pyridine rings is 1. The highest BCUT2D eigenvalue weighted by Crippen LogP contribution is 2.44. The van der Waals surface area contributed by atoms with E-state index >= 15 is 0 Å². The van der Waals surface area contributed by atoms with Crippen molar-refractivity contribution in [3.8, 4) is 0 Å². The smallest absolute Gasteiger partial charge is 0.338 e. The average molecular weight is 428 g/mol. The second-order valence-corrected chi connectivity index (χ2v) is 8.37. The van der Waals surface area contributed by atoms with E-state index in [2.05, 4.69) is 9.88 Å². The summed E-state index contributed by atoms with van der Waals surface area (Å²) in [6, 6.07) is 12.1. The fourth-order valence-corrected chi connectivity index (χ4v) is 5.19. The van der Waals surface area contributed by atoms with Crippen LogP contribution < -0.4 is 0 Å². The Morgan fingerprint density at radius 3 is 2.48 bits per heavy atom. The van der Waals surface area contributed by atoms with E-state index in [0.717, 1.165) is 10.9 Å². The number of amides is 1. The van der Waals surface area contributed by atoms with Crippen LogP contribution in [0.25, 0.3) is 10.9 Å². The third-order valence-electron chi connectivity index (χ3n) is 6.89. The molecule has 4 heterocycles. The van der Waals surface area contributed by atoms with Crippen LogP contribution in [0, 0.1) is 0 Å². The van der Waals surface area contributed by atoms with Crippen molar-refractivity contribution in [2.45, 2.75) is 31.1 Å². The van der Waals surface area contributed by atoms with Crippen LogP contribution in [0.5, 0.6) is 0 Å². The number of hydrogen-bond acceptors (Lipinski definition) is 3. The van der Waals surface area contributed by atoms with E-state index in [1.165, 1.54) is 10.6 Å². The molecular formula is C23H23F3N4O. The van der Waals surface area contributed by atoms with E-state index in [0.29, 0.717) is 50.3 Å². The molecule has 3 aromatic rings. The molecule has 0 radical (unpaired) electrons. The summed E-state index contributed by atoms with van der Waals surface area (Å²) in [5.74, 6) is -0.0572. The van der Waals surface area contributed by atoms with Crippen molar-refractivity contribution < 1.29 is 18.0 Å². The van der Waals surface area contributed by atoms with Crippen LogP contribution in [0.4, 0.5) is 13.2 Å². The van der Waals surface area contributed by atoms with Crippen molar-refractivity contribution in [2.75, 3.05) is 26.7 Å². The van der Waals surface area contributed by atoms with Crippen molar-refractivity contribution in [3.05, 3.63) is 65.6 Å². The van der Waals surface area contributed by atoms with Crippen LogP contribution >= 0.6 is 0 Å². The van der Waals surface area contributed by atoms with Gasteiger partial charge in [-0.1, -0.05) is 18.2 Å². The lowest BCUT2D eigenvalue weighted by Crippen LogP contribution is -2.56. The number of piperidine rings is 1. The number of fused-ring (bicyclic) bond motifs is 3. The fraction of sp³-hybridized carbons (Fsp3) is 0.391. The predicted octanol–water partition coefficient (Wildman–Crippen LogP) is 4.13. The number of likely N-dealkylation sites (tertiary alicyclic amines) is 1. The molecular weight excluding hydrogens is 405 g/mol. The number of benzene rings is 1. The Labute approximate surface area is 178 Å². The Balaban J connectivity index is 1.43. The minimum atomic E-state index is -4.37. The van der Waals surface area contributed by atoms with Gasteiger partial charge in [-0.05, 0) is 44.2 Å². The molecule has 31 heavy (non-hydrogen) atoms. The van der Waals surface area contributed by atoms with E-state index in [1.807, 2.05) is 36.2 Å². The van der Waals surface area contributed by atoms with Gasteiger partial charge in [-0.25, -0.2) is 0 Å². The van der Waals surface area contributed by atoms with Crippen LogP contribution in [-0.2, 0) is 18.3 Å². The summed E-state index contributed by atoms with van der Waals surface area (Å²) in [5, 5.41) is 0.814. The van der Waals surface area contributed by atoms with Gasteiger partial charge >= 0.3 is 6.18 Å². The van der Waals surface area contributed by atoms with Crippen molar-refractivity contribution in [3.63, 3.8) is 0 Å². The summed E-state index contributed by atoms with van der Waals surface area (Å²) in [5.41, 5.74) is 1.01. The molecule has 5 nitrogen and oxygen atoms in total. The number of alkyl halides is 3. The van der Waals surface area contributed by atoms with Crippen LogP contribution in [0.1, 0.15) is 34.6 Å². The molecule has 8 heteroatoms. The molecule has 2 aromatic heterocycles. The highest BCUT2D eigenvalue weighted by Gasteiger charge is 2.47. The molecule has 0 N–H and O–H groups in total. The molecule has 1 fully saturated rings. The Hall–Kier alpha value is -2.87. The van der Waals surface area contributed by atoms with Crippen molar-refractivity contribution in [1.82, 2.24) is 19.4 Å². The number of nitrogens with zero attached hydrogens (tertiary/aromatic N) is 4. The lowest BCUT2D eigenvalue weighted by atomic mass is 9.81. The first-order chi connectivity index (χ1) is 14.8. The number of carbonyl (C=O) groups excluding carboxylic acids is 1. The van der Waals surface area contributed by atoms with Crippen LogP contribution in [0.2, 0.25) is 0 Å². The third-order valence-corrected chi connectivity index (χ3v) is 6.89. The Bertz CT molecular complexity index is 1140. The van der Waals surface area contributed by atoms with Crippen molar-refractivity contribution in [2.24, 2.45) is 0 Å². The third kappa shape index (κ3) is 3.12. The molecule has 1 aromatic carbocycles. The number of para-hydroxylation sites is 1. The molecule has 0 saturated carbocycles. The summed E-state index contributed by atoms with van der Waals surface area (Å²) in [4.78, 5) is 21.6. The normalized spacial score (nSPS) is 19.0. The van der Waals surface area contributed by atoms with Crippen molar-refractivity contribution in [1.29, 1.82) is 0 Å². The van der Waals surface area contributed by atoms with Gasteiger partial charge < -0.3 is 9.47 Å². The van der Waals surface area contributed by atoms with Gasteiger partial charge in [-0.3, -0.25) is 14.7 Å². The standard InChI is InChI=1S/C23H23F3N4O/c1-28-14-15-30-19(6-7-20(30)23(24,25)26)22(28)9-12-29(13-10-22)21(31)17-8-11-27-18-5-3-2-4-16(17)18/h2-8,11H,9-10,12-15H2,1H3. The molecule has 1 saturated heterocycles. The summed E-state index contributed by atoms with van der Waals surface area (Å²) >= 11 is 0. The topological polar surface area (TPSA) is 41.4 Å². The van der Waals surface area contributed by atoms with Crippen LogP contribution in [-0.4, -0.2) is 51.9 Å². The fourth-order valence-electron chi connectivity index (χ4n) is 5.19. The maximum absolute atomic E-state index is 13.5. The first-order valence-corrected chi connectivity index (χ1v) is 10.4. The van der Waals surface area contributed by atoms with Crippen LogP contribution in [0.3, 0.4) is 0 Å². The van der Waals surface area contributed by atoms with Gasteiger partial charge in [-0.15, -0.1) is 0 Å². The van der Waals surface area contributed by atoms with Gasteiger partial charge in [0, 0.05) is 43.5 Å². The molecule has 0 unspecified atom stereocenters. The van der Waals surface area contributed by atoms with Gasteiger partial charge in [-0.2, -0.15) is 13.2 Å². The molecule has 2 aliphatic rings. The largest absolute Gasteiger partial charge is 0.431 e.